The van der Waals surface area contributed by atoms with Gasteiger partial charge in [-0.05, 0) is 12.8 Å². The Labute approximate surface area is 110 Å². The van der Waals surface area contributed by atoms with Gasteiger partial charge in [0, 0.05) is 12.6 Å². The number of carboxylic acid groups (broad SMARTS) is 1. The Bertz CT molecular complexity index is 451. The third kappa shape index (κ3) is 3.01. The molecule has 0 saturated heterocycles. The summed E-state index contributed by atoms with van der Waals surface area (Å²) in [6.07, 6.45) is 3.59. The van der Waals surface area contributed by atoms with Crippen LogP contribution in [0.25, 0.3) is 0 Å². The van der Waals surface area contributed by atoms with Gasteiger partial charge in [0.1, 0.15) is 5.02 Å². The van der Waals surface area contributed by atoms with Gasteiger partial charge in [-0.15, -0.1) is 0 Å². The predicted octanol–water partition coefficient (Wildman–Crippen LogP) is 1.58. The summed E-state index contributed by atoms with van der Waals surface area (Å²) >= 11 is 6.07. The molecular weight excluding hydrogens is 258 g/mol. The van der Waals surface area contributed by atoms with Gasteiger partial charge in [0.05, 0.1) is 19.7 Å². The second-order valence-electron chi connectivity index (χ2n) is 4.10. The topological polar surface area (TPSA) is 75.5 Å². The molecule has 1 aromatic rings. The molecular formula is C11H14ClN3O3. The van der Waals surface area contributed by atoms with Crippen molar-refractivity contribution in [2.75, 3.05) is 18.6 Å². The number of methoxy groups -OCH3 is 1. The number of carboxylic acids is 1. The van der Waals surface area contributed by atoms with Crippen molar-refractivity contribution in [3.63, 3.8) is 0 Å². The van der Waals surface area contributed by atoms with E-state index in [9.17, 15) is 4.79 Å². The fourth-order valence-corrected chi connectivity index (χ4v) is 1.91. The van der Waals surface area contributed by atoms with Gasteiger partial charge in [-0.2, -0.15) is 4.98 Å². The Kier molecular flexibility index (Phi) is 3.86. The molecule has 1 aliphatic rings. The molecule has 0 aliphatic heterocycles. The van der Waals surface area contributed by atoms with Crippen molar-refractivity contribution < 1.29 is 14.6 Å². The summed E-state index contributed by atoms with van der Waals surface area (Å²) in [5.74, 6) is -0.287. The van der Waals surface area contributed by atoms with Crippen LogP contribution in [0, 0.1) is 0 Å². The summed E-state index contributed by atoms with van der Waals surface area (Å²) in [6, 6.07) is 0.553. The van der Waals surface area contributed by atoms with E-state index in [-0.39, 0.29) is 12.4 Å². The smallest absolute Gasteiger partial charge is 0.318 e. The van der Waals surface area contributed by atoms with Crippen LogP contribution in [0.2, 0.25) is 5.02 Å². The van der Waals surface area contributed by atoms with Crippen LogP contribution in [0.5, 0.6) is 6.01 Å². The molecule has 1 fully saturated rings. The van der Waals surface area contributed by atoms with E-state index in [4.69, 9.17) is 21.4 Å². The highest BCUT2D eigenvalue weighted by Crippen LogP contribution is 2.34. The van der Waals surface area contributed by atoms with E-state index in [1.165, 1.54) is 13.3 Å². The first-order valence-corrected chi connectivity index (χ1v) is 6.04. The molecule has 0 aromatic carbocycles. The number of anilines is 1. The molecule has 1 heterocycles. The summed E-state index contributed by atoms with van der Waals surface area (Å²) in [6.45, 7) is 0.389. The van der Waals surface area contributed by atoms with Crippen LogP contribution in [0.3, 0.4) is 0 Å². The van der Waals surface area contributed by atoms with Crippen LogP contribution in [-0.4, -0.2) is 40.7 Å². The van der Waals surface area contributed by atoms with Crippen LogP contribution >= 0.6 is 11.6 Å². The number of carbonyl (C=O) groups is 1. The summed E-state index contributed by atoms with van der Waals surface area (Å²) in [7, 11) is 1.48. The second kappa shape index (κ2) is 5.39. The Morgan fingerprint density at radius 2 is 2.39 bits per heavy atom. The van der Waals surface area contributed by atoms with E-state index in [1.807, 2.05) is 4.90 Å². The van der Waals surface area contributed by atoms with Crippen LogP contribution in [-0.2, 0) is 4.79 Å². The van der Waals surface area contributed by atoms with Crippen molar-refractivity contribution in [2.24, 2.45) is 0 Å². The zero-order valence-corrected chi connectivity index (χ0v) is 10.7. The molecule has 18 heavy (non-hydrogen) atoms. The van der Waals surface area contributed by atoms with Crippen LogP contribution in [0.1, 0.15) is 19.3 Å². The van der Waals surface area contributed by atoms with Crippen LogP contribution < -0.4 is 9.64 Å². The Hall–Kier alpha value is -1.56. The van der Waals surface area contributed by atoms with E-state index >= 15 is 0 Å². The Morgan fingerprint density at radius 3 is 2.94 bits per heavy atom. The van der Waals surface area contributed by atoms with Gasteiger partial charge in [0.25, 0.3) is 0 Å². The quantitative estimate of drug-likeness (QED) is 0.847. The van der Waals surface area contributed by atoms with Gasteiger partial charge in [-0.25, -0.2) is 4.98 Å². The molecule has 1 saturated carbocycles. The fraction of sp³-hybridized carbons (Fsp3) is 0.545. The molecule has 1 aromatic heterocycles. The minimum atomic E-state index is -0.835. The number of hydrogen-bond donors (Lipinski definition) is 1. The van der Waals surface area contributed by atoms with Gasteiger partial charge in [-0.1, -0.05) is 11.6 Å². The Balaban J connectivity index is 2.21. The molecule has 7 heteroatoms. The first-order valence-electron chi connectivity index (χ1n) is 5.66. The Morgan fingerprint density at radius 1 is 1.67 bits per heavy atom. The van der Waals surface area contributed by atoms with Crippen molar-refractivity contribution >= 4 is 23.4 Å². The van der Waals surface area contributed by atoms with E-state index in [1.54, 1.807) is 0 Å². The highest BCUT2D eigenvalue weighted by molar-refractivity contribution is 6.32. The molecule has 0 radical (unpaired) electrons. The van der Waals surface area contributed by atoms with Crippen molar-refractivity contribution in [1.82, 2.24) is 9.97 Å². The predicted molar refractivity (Wildman–Crippen MR) is 66.2 cm³/mol. The average molecular weight is 272 g/mol. The fourth-order valence-electron chi connectivity index (χ4n) is 1.71. The molecule has 0 unspecified atom stereocenters. The second-order valence-corrected chi connectivity index (χ2v) is 4.50. The molecule has 0 amide bonds. The summed E-state index contributed by atoms with van der Waals surface area (Å²) in [4.78, 5) is 20.7. The molecule has 2 rings (SSSR count). The van der Waals surface area contributed by atoms with Gasteiger partial charge in [0.2, 0.25) is 0 Å². The minimum absolute atomic E-state index is 0.0547. The normalized spacial score (nSPS) is 14.3. The largest absolute Gasteiger partial charge is 0.481 e. The lowest BCUT2D eigenvalue weighted by Crippen LogP contribution is -2.29. The maximum Gasteiger partial charge on any atom is 0.318 e. The standard InChI is InChI=1S/C11H14ClN3O3/c1-18-11-13-6-8(12)10(14-11)15(7-2-3-7)5-4-9(16)17/h6-7H,2-5H2,1H3,(H,16,17). The first kappa shape index (κ1) is 12.9. The molecule has 0 atom stereocenters. The first-order chi connectivity index (χ1) is 8.61. The van der Waals surface area contributed by atoms with Crippen molar-refractivity contribution in [1.29, 1.82) is 0 Å². The van der Waals surface area contributed by atoms with E-state index in [0.29, 0.717) is 23.4 Å². The number of hydrogen-bond acceptors (Lipinski definition) is 5. The molecule has 0 spiro atoms. The van der Waals surface area contributed by atoms with E-state index in [2.05, 4.69) is 9.97 Å². The number of aliphatic carboxylic acids is 1. The lowest BCUT2D eigenvalue weighted by Gasteiger charge is -2.23. The van der Waals surface area contributed by atoms with E-state index < -0.39 is 5.97 Å². The lowest BCUT2D eigenvalue weighted by molar-refractivity contribution is -0.136. The van der Waals surface area contributed by atoms with Gasteiger partial charge >= 0.3 is 12.0 Å². The summed E-state index contributed by atoms with van der Waals surface area (Å²) < 4.78 is 4.96. The zero-order chi connectivity index (χ0) is 13.1. The maximum absolute atomic E-state index is 10.7. The van der Waals surface area contributed by atoms with Gasteiger partial charge < -0.3 is 14.7 Å². The monoisotopic (exact) mass is 271 g/mol. The van der Waals surface area contributed by atoms with Crippen LogP contribution in [0.4, 0.5) is 5.82 Å². The lowest BCUT2D eigenvalue weighted by atomic mass is 10.3. The molecule has 1 aliphatic carbocycles. The molecule has 0 bridgehead atoms. The summed E-state index contributed by atoms with van der Waals surface area (Å²) in [5, 5.41) is 9.17. The number of ether oxygens (including phenoxy) is 1. The molecule has 6 nitrogen and oxygen atoms in total. The third-order valence-corrected chi connectivity index (χ3v) is 2.98. The SMILES string of the molecule is COc1ncc(Cl)c(N(CCC(=O)O)C2CC2)n1. The molecule has 1 N–H and O–H groups in total. The number of rotatable bonds is 6. The maximum atomic E-state index is 10.7. The van der Waals surface area contributed by atoms with Crippen LogP contribution in [0.15, 0.2) is 6.20 Å². The van der Waals surface area contributed by atoms with Gasteiger partial charge in [0.15, 0.2) is 5.82 Å². The number of nitrogens with zero attached hydrogens (tertiary/aromatic N) is 3. The average Bonchev–Trinajstić information content (AvgIpc) is 3.15. The number of aromatic nitrogens is 2. The minimum Gasteiger partial charge on any atom is -0.481 e. The summed E-state index contributed by atoms with van der Waals surface area (Å²) in [5.41, 5.74) is 0. The van der Waals surface area contributed by atoms with E-state index in [0.717, 1.165) is 12.8 Å². The van der Waals surface area contributed by atoms with Crippen molar-refractivity contribution in [2.45, 2.75) is 25.3 Å². The highest BCUT2D eigenvalue weighted by Gasteiger charge is 2.31. The van der Waals surface area contributed by atoms with Crippen molar-refractivity contribution in [3.05, 3.63) is 11.2 Å². The van der Waals surface area contributed by atoms with Crippen molar-refractivity contribution in [3.8, 4) is 6.01 Å². The van der Waals surface area contributed by atoms with Gasteiger partial charge in [-0.3, -0.25) is 4.79 Å². The third-order valence-electron chi connectivity index (χ3n) is 2.71. The number of halogens is 1. The molecule has 98 valence electrons. The zero-order valence-electron chi connectivity index (χ0n) is 9.97. The highest BCUT2D eigenvalue weighted by atomic mass is 35.5.